The summed E-state index contributed by atoms with van der Waals surface area (Å²) in [5, 5.41) is 0. The lowest BCUT2D eigenvalue weighted by Gasteiger charge is -2.27. The van der Waals surface area contributed by atoms with Gasteiger partial charge in [0, 0.05) is 18.4 Å². The SMILES string of the molecule is COC1(c2nc(N)c3c(n2)CCCC3)CCCC1. The highest BCUT2D eigenvalue weighted by Gasteiger charge is 2.39. The van der Waals surface area contributed by atoms with E-state index in [0.717, 1.165) is 37.2 Å². The summed E-state index contributed by atoms with van der Waals surface area (Å²) in [5.41, 5.74) is 8.17. The van der Waals surface area contributed by atoms with Crippen LogP contribution in [0.3, 0.4) is 0 Å². The molecule has 0 aliphatic heterocycles. The van der Waals surface area contributed by atoms with E-state index in [2.05, 4.69) is 4.98 Å². The van der Waals surface area contributed by atoms with Gasteiger partial charge >= 0.3 is 0 Å². The number of fused-ring (bicyclic) bond motifs is 1. The van der Waals surface area contributed by atoms with Gasteiger partial charge in [0.15, 0.2) is 5.82 Å². The Kier molecular flexibility index (Phi) is 2.98. The van der Waals surface area contributed by atoms with Gasteiger partial charge in [0.05, 0.1) is 0 Å². The second-order valence-electron chi connectivity index (χ2n) is 5.47. The van der Waals surface area contributed by atoms with Gasteiger partial charge in [-0.1, -0.05) is 0 Å². The van der Waals surface area contributed by atoms with Gasteiger partial charge in [-0.15, -0.1) is 0 Å². The van der Waals surface area contributed by atoms with Gasteiger partial charge < -0.3 is 10.5 Å². The van der Waals surface area contributed by atoms with Crippen LogP contribution in [0.2, 0.25) is 0 Å². The molecule has 0 atom stereocenters. The summed E-state index contributed by atoms with van der Waals surface area (Å²) in [6.07, 6.45) is 8.89. The molecule has 0 saturated heterocycles. The molecule has 18 heavy (non-hydrogen) atoms. The Morgan fingerprint density at radius 1 is 1.06 bits per heavy atom. The van der Waals surface area contributed by atoms with Gasteiger partial charge in [0.2, 0.25) is 0 Å². The smallest absolute Gasteiger partial charge is 0.162 e. The zero-order valence-electron chi connectivity index (χ0n) is 11.0. The lowest BCUT2D eigenvalue weighted by Crippen LogP contribution is -2.29. The molecule has 1 aromatic heterocycles. The molecule has 2 aliphatic carbocycles. The molecule has 4 nitrogen and oxygen atoms in total. The normalized spacial score (nSPS) is 21.8. The average Bonchev–Trinajstić information content (AvgIpc) is 2.89. The van der Waals surface area contributed by atoms with E-state index in [0.29, 0.717) is 5.82 Å². The molecule has 0 amide bonds. The Hall–Kier alpha value is -1.16. The van der Waals surface area contributed by atoms with Gasteiger partial charge in [-0.3, -0.25) is 0 Å². The zero-order chi connectivity index (χ0) is 12.6. The molecule has 0 aromatic carbocycles. The highest BCUT2D eigenvalue weighted by atomic mass is 16.5. The molecule has 1 heterocycles. The van der Waals surface area contributed by atoms with Crippen molar-refractivity contribution in [2.24, 2.45) is 0 Å². The number of nitrogens with zero attached hydrogens (tertiary/aromatic N) is 2. The summed E-state index contributed by atoms with van der Waals surface area (Å²) in [6.45, 7) is 0. The van der Waals surface area contributed by atoms with Crippen molar-refractivity contribution in [1.29, 1.82) is 0 Å². The number of hydrogen-bond donors (Lipinski definition) is 1. The average molecular weight is 247 g/mol. The molecule has 1 aromatic rings. The molecule has 0 spiro atoms. The Morgan fingerprint density at radius 3 is 2.50 bits per heavy atom. The van der Waals surface area contributed by atoms with Gasteiger partial charge in [-0.25, -0.2) is 9.97 Å². The summed E-state index contributed by atoms with van der Waals surface area (Å²) in [5.74, 6) is 1.50. The van der Waals surface area contributed by atoms with E-state index in [1.54, 1.807) is 7.11 Å². The number of methoxy groups -OCH3 is 1. The maximum atomic E-state index is 6.12. The molecule has 2 N–H and O–H groups in total. The highest BCUT2D eigenvalue weighted by molar-refractivity contribution is 5.44. The van der Waals surface area contributed by atoms with E-state index in [1.807, 2.05) is 0 Å². The Labute approximate surface area is 108 Å². The van der Waals surface area contributed by atoms with Gasteiger partial charge in [-0.05, 0) is 51.4 Å². The maximum absolute atomic E-state index is 6.12. The first-order valence-corrected chi connectivity index (χ1v) is 6.96. The predicted molar refractivity (Wildman–Crippen MR) is 70.2 cm³/mol. The molecule has 3 rings (SSSR count). The third-order valence-electron chi connectivity index (χ3n) is 4.42. The number of nitrogen functional groups attached to an aromatic ring is 1. The molecular formula is C14H21N3O. The number of aromatic nitrogens is 2. The lowest BCUT2D eigenvalue weighted by atomic mass is 9.94. The van der Waals surface area contributed by atoms with Crippen molar-refractivity contribution < 1.29 is 4.74 Å². The van der Waals surface area contributed by atoms with Crippen molar-refractivity contribution in [3.63, 3.8) is 0 Å². The molecular weight excluding hydrogens is 226 g/mol. The monoisotopic (exact) mass is 247 g/mol. The quantitative estimate of drug-likeness (QED) is 0.871. The van der Waals surface area contributed by atoms with Crippen molar-refractivity contribution in [3.8, 4) is 0 Å². The van der Waals surface area contributed by atoms with Crippen LogP contribution in [-0.2, 0) is 23.2 Å². The van der Waals surface area contributed by atoms with Gasteiger partial charge in [-0.2, -0.15) is 0 Å². The fourth-order valence-corrected chi connectivity index (χ4v) is 3.29. The van der Waals surface area contributed by atoms with E-state index in [4.69, 9.17) is 15.5 Å². The number of rotatable bonds is 2. The molecule has 4 heteroatoms. The number of hydrogen-bond acceptors (Lipinski definition) is 4. The molecule has 0 radical (unpaired) electrons. The van der Waals surface area contributed by atoms with Crippen LogP contribution in [-0.4, -0.2) is 17.1 Å². The minimum absolute atomic E-state index is 0.277. The predicted octanol–water partition coefficient (Wildman–Crippen LogP) is 2.35. The minimum atomic E-state index is -0.277. The first kappa shape index (κ1) is 11.9. The van der Waals surface area contributed by atoms with E-state index >= 15 is 0 Å². The second-order valence-corrected chi connectivity index (χ2v) is 5.47. The van der Waals surface area contributed by atoms with Crippen molar-refractivity contribution in [3.05, 3.63) is 17.1 Å². The van der Waals surface area contributed by atoms with Crippen LogP contribution in [0, 0.1) is 0 Å². The number of anilines is 1. The highest BCUT2D eigenvalue weighted by Crippen LogP contribution is 2.41. The van der Waals surface area contributed by atoms with Crippen LogP contribution in [0.15, 0.2) is 0 Å². The zero-order valence-corrected chi connectivity index (χ0v) is 11.0. The van der Waals surface area contributed by atoms with Crippen LogP contribution < -0.4 is 5.73 Å². The van der Waals surface area contributed by atoms with E-state index in [1.165, 1.54) is 31.2 Å². The van der Waals surface area contributed by atoms with Crippen LogP contribution >= 0.6 is 0 Å². The van der Waals surface area contributed by atoms with Crippen molar-refractivity contribution >= 4 is 5.82 Å². The van der Waals surface area contributed by atoms with E-state index < -0.39 is 0 Å². The second kappa shape index (κ2) is 4.50. The largest absolute Gasteiger partial charge is 0.383 e. The molecule has 98 valence electrons. The fraction of sp³-hybridized carbons (Fsp3) is 0.714. The molecule has 1 saturated carbocycles. The maximum Gasteiger partial charge on any atom is 0.162 e. The fourth-order valence-electron chi connectivity index (χ4n) is 3.29. The van der Waals surface area contributed by atoms with E-state index in [-0.39, 0.29) is 5.60 Å². The Bertz CT molecular complexity index is 453. The van der Waals surface area contributed by atoms with E-state index in [9.17, 15) is 0 Å². The van der Waals surface area contributed by atoms with Crippen LogP contribution in [0.25, 0.3) is 0 Å². The molecule has 0 bridgehead atoms. The van der Waals surface area contributed by atoms with Crippen LogP contribution in [0.5, 0.6) is 0 Å². The summed E-state index contributed by atoms with van der Waals surface area (Å²) in [6, 6.07) is 0. The van der Waals surface area contributed by atoms with Crippen molar-refractivity contribution in [1.82, 2.24) is 9.97 Å². The molecule has 2 aliphatic rings. The molecule has 0 unspecified atom stereocenters. The van der Waals surface area contributed by atoms with Gasteiger partial charge in [0.1, 0.15) is 11.4 Å². The Balaban J connectivity index is 2.04. The van der Waals surface area contributed by atoms with Crippen molar-refractivity contribution in [2.45, 2.75) is 57.0 Å². The van der Waals surface area contributed by atoms with Crippen LogP contribution in [0.4, 0.5) is 5.82 Å². The number of ether oxygens (including phenoxy) is 1. The molecule has 1 fully saturated rings. The summed E-state index contributed by atoms with van der Waals surface area (Å²) >= 11 is 0. The number of aryl methyl sites for hydroxylation is 1. The minimum Gasteiger partial charge on any atom is -0.383 e. The third kappa shape index (κ3) is 1.79. The third-order valence-corrected chi connectivity index (χ3v) is 4.42. The van der Waals surface area contributed by atoms with Gasteiger partial charge in [0.25, 0.3) is 0 Å². The summed E-state index contributed by atoms with van der Waals surface area (Å²) < 4.78 is 5.75. The topological polar surface area (TPSA) is 61.0 Å². The van der Waals surface area contributed by atoms with Crippen LogP contribution in [0.1, 0.15) is 55.6 Å². The number of nitrogens with two attached hydrogens (primary N) is 1. The Morgan fingerprint density at radius 2 is 1.78 bits per heavy atom. The lowest BCUT2D eigenvalue weighted by molar-refractivity contribution is -0.0164. The summed E-state index contributed by atoms with van der Waals surface area (Å²) in [4.78, 5) is 9.34. The standard InChI is InChI=1S/C14H21N3O/c1-18-14(8-4-5-9-14)13-16-11-7-3-2-6-10(11)12(15)17-13/h2-9H2,1H3,(H2,15,16,17). The van der Waals surface area contributed by atoms with Crippen molar-refractivity contribution in [2.75, 3.05) is 12.8 Å². The first-order valence-electron chi connectivity index (χ1n) is 6.96. The first-order chi connectivity index (χ1) is 8.75. The summed E-state index contributed by atoms with van der Waals surface area (Å²) in [7, 11) is 1.77.